The van der Waals surface area contributed by atoms with Crippen LogP contribution >= 0.6 is 22.6 Å². The van der Waals surface area contributed by atoms with Crippen molar-refractivity contribution in [1.29, 1.82) is 0 Å². The maximum Gasteiger partial charge on any atom is 0.339 e. The van der Waals surface area contributed by atoms with E-state index in [0.29, 0.717) is 34.2 Å². The number of hydrogen-bond acceptors (Lipinski definition) is 4. The zero-order chi connectivity index (χ0) is 26.4. The van der Waals surface area contributed by atoms with Gasteiger partial charge in [-0.05, 0) is 89.7 Å². The molecular weight excluding hydrogens is 586 g/mol. The van der Waals surface area contributed by atoms with E-state index in [-0.39, 0.29) is 35.3 Å². The van der Waals surface area contributed by atoms with E-state index in [1.54, 1.807) is 23.6 Å². The van der Waals surface area contributed by atoms with E-state index in [1.165, 1.54) is 13.0 Å². The van der Waals surface area contributed by atoms with Crippen molar-refractivity contribution in [3.8, 4) is 11.1 Å². The minimum absolute atomic E-state index is 0.0772. The largest absolute Gasteiger partial charge is 0.422 e. The Labute approximate surface area is 226 Å². The third-order valence-electron chi connectivity index (χ3n) is 6.92. The molecule has 0 bridgehead atoms. The fourth-order valence-corrected chi connectivity index (χ4v) is 5.33. The van der Waals surface area contributed by atoms with Gasteiger partial charge in [0.2, 0.25) is 5.91 Å². The molecule has 1 N–H and O–H groups in total. The number of rotatable bonds is 6. The van der Waals surface area contributed by atoms with Crippen molar-refractivity contribution < 1.29 is 13.6 Å². The van der Waals surface area contributed by atoms with Gasteiger partial charge in [0, 0.05) is 46.3 Å². The number of pyridine rings is 1. The fourth-order valence-electron chi connectivity index (χ4n) is 4.88. The minimum atomic E-state index is -0.549. The summed E-state index contributed by atoms with van der Waals surface area (Å²) < 4.78 is 23.2. The molecule has 1 fully saturated rings. The Kier molecular flexibility index (Phi) is 6.78. The Morgan fingerprint density at radius 1 is 1.16 bits per heavy atom. The average molecular weight is 612 g/mol. The molecule has 0 spiro atoms. The zero-order valence-corrected chi connectivity index (χ0v) is 22.9. The van der Waals surface area contributed by atoms with Crippen molar-refractivity contribution >= 4 is 39.5 Å². The van der Waals surface area contributed by atoms with Gasteiger partial charge < -0.3 is 14.3 Å². The summed E-state index contributed by atoms with van der Waals surface area (Å²) in [5, 5.41) is 3.11. The second kappa shape index (κ2) is 9.89. The van der Waals surface area contributed by atoms with E-state index in [1.807, 2.05) is 53.8 Å². The summed E-state index contributed by atoms with van der Waals surface area (Å²) in [4.78, 5) is 38.4. The molecule has 190 valence electrons. The highest BCUT2D eigenvalue weighted by Gasteiger charge is 2.31. The van der Waals surface area contributed by atoms with E-state index in [4.69, 9.17) is 4.42 Å². The van der Waals surface area contributed by atoms with Gasteiger partial charge in [-0.15, -0.1) is 0 Å². The second-order valence-electron chi connectivity index (χ2n) is 9.59. The van der Waals surface area contributed by atoms with E-state index < -0.39 is 5.63 Å². The predicted octanol–water partition coefficient (Wildman–Crippen LogP) is 5.54. The quantitative estimate of drug-likeness (QED) is 0.290. The van der Waals surface area contributed by atoms with Crippen LogP contribution in [0.2, 0.25) is 0 Å². The molecule has 0 radical (unpaired) electrons. The van der Waals surface area contributed by atoms with Gasteiger partial charge in [0.15, 0.2) is 5.58 Å². The lowest BCUT2D eigenvalue weighted by Gasteiger charge is -2.19. The number of carbonyl (C=O) groups excluding carboxylic acids is 1. The number of nitrogens with one attached hydrogen (secondary N) is 1. The van der Waals surface area contributed by atoms with Crippen molar-refractivity contribution in [3.63, 3.8) is 0 Å². The molecule has 2 aromatic carbocycles. The van der Waals surface area contributed by atoms with Gasteiger partial charge in [0.1, 0.15) is 5.82 Å². The van der Waals surface area contributed by atoms with Crippen LogP contribution in [0.5, 0.6) is 0 Å². The lowest BCUT2D eigenvalue weighted by Crippen LogP contribution is -2.25. The first-order valence-corrected chi connectivity index (χ1v) is 13.2. The third kappa shape index (κ3) is 4.86. The highest BCUT2D eigenvalue weighted by molar-refractivity contribution is 14.1. The third-order valence-corrected chi connectivity index (χ3v) is 7.59. The first kappa shape index (κ1) is 25.4. The lowest BCUT2D eigenvalue weighted by atomic mass is 9.94. The fraction of sp³-hybridized carbons (Fsp3) is 0.276. The average Bonchev–Trinajstić information content (AvgIpc) is 3.67. The maximum atomic E-state index is 14.8. The van der Waals surface area contributed by atoms with Crippen LogP contribution in [0.25, 0.3) is 22.1 Å². The molecule has 1 aliphatic carbocycles. The Bertz CT molecular complexity index is 1680. The first-order valence-electron chi connectivity index (χ1n) is 12.1. The minimum Gasteiger partial charge on any atom is -0.422 e. The SMILES string of the molecule is CC(=O)NCc1cccc(-c2c(C)n(C3CC3)c(=O)c3c(Cc4ccc(I)cc4F)c(C)c(=O)oc23)c1. The molecule has 1 aliphatic rings. The molecular formula is C29H26FIN2O4. The molecule has 0 aliphatic heterocycles. The molecule has 2 heterocycles. The number of nitrogens with zero attached hydrogens (tertiary/aromatic N) is 1. The summed E-state index contributed by atoms with van der Waals surface area (Å²) in [6.07, 6.45) is 1.89. The van der Waals surface area contributed by atoms with E-state index in [0.717, 1.165) is 33.2 Å². The molecule has 1 saturated carbocycles. The molecule has 6 nitrogen and oxygen atoms in total. The van der Waals surface area contributed by atoms with Gasteiger partial charge in [0.25, 0.3) is 5.56 Å². The summed E-state index contributed by atoms with van der Waals surface area (Å²) in [7, 11) is 0. The van der Waals surface area contributed by atoms with E-state index >= 15 is 0 Å². The van der Waals surface area contributed by atoms with E-state index in [9.17, 15) is 18.8 Å². The molecule has 0 atom stereocenters. The van der Waals surface area contributed by atoms with Gasteiger partial charge in [-0.2, -0.15) is 0 Å². The van der Waals surface area contributed by atoms with Crippen LogP contribution in [0.3, 0.4) is 0 Å². The van der Waals surface area contributed by atoms with Crippen molar-refractivity contribution in [1.82, 2.24) is 9.88 Å². The highest BCUT2D eigenvalue weighted by atomic mass is 127. The molecule has 8 heteroatoms. The van der Waals surface area contributed by atoms with Gasteiger partial charge in [-0.25, -0.2) is 9.18 Å². The number of benzene rings is 2. The van der Waals surface area contributed by atoms with Crippen molar-refractivity contribution in [2.45, 2.75) is 52.6 Å². The number of carbonyl (C=O) groups is 1. The standard InChI is InChI=1S/C29H26FIN2O4/c1-15-23(12-19-7-8-21(31)13-24(19)30)26-27(37-29(15)36)25(16(2)33(28(26)35)22-9-10-22)20-6-4-5-18(11-20)14-32-17(3)34/h4-8,11,13,22H,9-10,12,14H2,1-3H3,(H,32,34). The van der Waals surface area contributed by atoms with Gasteiger partial charge in [0.05, 0.1) is 5.39 Å². The van der Waals surface area contributed by atoms with Crippen molar-refractivity contribution in [2.24, 2.45) is 0 Å². The van der Waals surface area contributed by atoms with Gasteiger partial charge >= 0.3 is 5.63 Å². The topological polar surface area (TPSA) is 81.3 Å². The van der Waals surface area contributed by atoms with Crippen LogP contribution in [0.15, 0.2) is 56.5 Å². The Balaban J connectivity index is 1.81. The Hall–Kier alpha value is -3.27. The molecule has 5 rings (SSSR count). The number of aromatic nitrogens is 1. The summed E-state index contributed by atoms with van der Waals surface area (Å²) in [6.45, 7) is 5.30. The smallest absolute Gasteiger partial charge is 0.339 e. The number of fused-ring (bicyclic) bond motifs is 1. The van der Waals surface area contributed by atoms with Gasteiger partial charge in [-0.3, -0.25) is 9.59 Å². The monoisotopic (exact) mass is 612 g/mol. The zero-order valence-electron chi connectivity index (χ0n) is 20.8. The first-order chi connectivity index (χ1) is 17.7. The van der Waals surface area contributed by atoms with Crippen LogP contribution in [-0.4, -0.2) is 10.5 Å². The predicted molar refractivity (Wildman–Crippen MR) is 149 cm³/mol. The highest BCUT2D eigenvalue weighted by Crippen LogP contribution is 2.40. The molecule has 0 unspecified atom stereocenters. The molecule has 2 aromatic heterocycles. The van der Waals surface area contributed by atoms with E-state index in [2.05, 4.69) is 5.32 Å². The Morgan fingerprint density at radius 3 is 2.59 bits per heavy atom. The summed E-state index contributed by atoms with van der Waals surface area (Å²) in [5.41, 5.74) is 3.68. The van der Waals surface area contributed by atoms with Crippen molar-refractivity contribution in [2.75, 3.05) is 0 Å². The number of amides is 1. The summed E-state index contributed by atoms with van der Waals surface area (Å²) in [5.74, 6) is -0.517. The van der Waals surface area contributed by atoms with Crippen LogP contribution in [0.1, 0.15) is 53.8 Å². The molecule has 1 amide bonds. The Morgan fingerprint density at radius 2 is 1.92 bits per heavy atom. The maximum absolute atomic E-state index is 14.8. The van der Waals surface area contributed by atoms with Crippen LogP contribution in [0.4, 0.5) is 4.39 Å². The van der Waals surface area contributed by atoms with Crippen LogP contribution in [0, 0.1) is 23.2 Å². The number of hydrogen-bond donors (Lipinski definition) is 1. The normalized spacial score (nSPS) is 13.2. The summed E-state index contributed by atoms with van der Waals surface area (Å²) in [6, 6.07) is 12.6. The van der Waals surface area contributed by atoms with Crippen molar-refractivity contribution in [3.05, 3.63) is 101 Å². The van der Waals surface area contributed by atoms with Crippen LogP contribution < -0.4 is 16.5 Å². The molecule has 4 aromatic rings. The summed E-state index contributed by atoms with van der Waals surface area (Å²) >= 11 is 2.05. The lowest BCUT2D eigenvalue weighted by molar-refractivity contribution is -0.119. The van der Waals surface area contributed by atoms with Crippen LogP contribution in [-0.2, 0) is 17.8 Å². The second-order valence-corrected chi connectivity index (χ2v) is 10.8. The van der Waals surface area contributed by atoms with Gasteiger partial charge in [-0.1, -0.05) is 24.3 Å². The number of halogens is 2. The molecule has 0 saturated heterocycles. The molecule has 37 heavy (non-hydrogen) atoms.